The second kappa shape index (κ2) is 13.1. The van der Waals surface area contributed by atoms with Gasteiger partial charge < -0.3 is 0 Å². The summed E-state index contributed by atoms with van der Waals surface area (Å²) in [6.07, 6.45) is 8.04. The van der Waals surface area contributed by atoms with Gasteiger partial charge in [-0.1, -0.05) is 0 Å². The fourth-order valence-corrected chi connectivity index (χ4v) is 23.1. The average molecular weight is 693 g/mol. The van der Waals surface area contributed by atoms with Gasteiger partial charge in [-0.2, -0.15) is 0 Å². The number of halogens is 4. The number of ether oxygens (including phenoxy) is 2. The average Bonchev–Trinajstić information content (AvgIpc) is 3.66. The summed E-state index contributed by atoms with van der Waals surface area (Å²) in [5.74, 6) is -6.68. The Hall–Kier alpha value is -2.79. The molecule has 0 spiro atoms. The van der Waals surface area contributed by atoms with Gasteiger partial charge in [0, 0.05) is 0 Å². The topological polar surface area (TPSA) is 52.6 Å². The molecule has 0 saturated heterocycles. The molecule has 0 amide bonds. The maximum atomic E-state index is 17.1. The molecule has 4 nitrogen and oxygen atoms in total. The molecule has 0 fully saturated rings. The number of benzene rings is 2. The van der Waals surface area contributed by atoms with E-state index in [0.29, 0.717) is 7.76 Å². The molecule has 0 aliphatic heterocycles. The van der Waals surface area contributed by atoms with E-state index in [1.54, 1.807) is 13.8 Å². The van der Waals surface area contributed by atoms with Crippen LogP contribution in [-0.4, -0.2) is 28.1 Å². The van der Waals surface area contributed by atoms with E-state index in [1.165, 1.54) is 0 Å². The fraction of sp³-hybridized carbons (Fsp3) is 0.353. The zero-order valence-electron chi connectivity index (χ0n) is 27.1. The molecule has 2 aliphatic rings. The van der Waals surface area contributed by atoms with Gasteiger partial charge in [0.25, 0.3) is 0 Å². The van der Waals surface area contributed by atoms with Gasteiger partial charge in [-0.3, -0.25) is 0 Å². The molecule has 11 heteroatoms. The molecule has 0 bridgehead atoms. The van der Waals surface area contributed by atoms with Crippen LogP contribution >= 0.6 is 0 Å². The summed E-state index contributed by atoms with van der Waals surface area (Å²) in [5, 5.41) is 1.75. The van der Waals surface area contributed by atoms with Crippen LogP contribution in [0.25, 0.3) is 0 Å². The molecule has 0 saturated carbocycles. The van der Waals surface area contributed by atoms with Crippen LogP contribution in [0.3, 0.4) is 0 Å². The van der Waals surface area contributed by atoms with Gasteiger partial charge in [0.1, 0.15) is 0 Å². The molecular weight excluding hydrogens is 652 g/mol. The number of carbonyl (C=O) groups excluding carboxylic acids is 2. The van der Waals surface area contributed by atoms with E-state index in [0.717, 1.165) is 34.7 Å². The Morgan fingerprint density at radius 2 is 1.02 bits per heavy atom. The molecule has 2 aliphatic carbocycles. The van der Waals surface area contributed by atoms with E-state index >= 15 is 17.6 Å². The van der Waals surface area contributed by atoms with E-state index in [4.69, 9.17) is 9.47 Å². The molecule has 0 atom stereocenters. The monoisotopic (exact) mass is 692 g/mol. The first-order chi connectivity index (χ1) is 21.0. The molecular formula is C34H40F4O4Si2Ti. The number of rotatable bonds is 10. The quantitative estimate of drug-likeness (QED) is 0.109. The van der Waals surface area contributed by atoms with Crippen molar-refractivity contribution in [2.24, 2.45) is 0 Å². The van der Waals surface area contributed by atoms with Crippen molar-refractivity contribution < 1.29 is 53.2 Å². The Morgan fingerprint density at radius 1 is 0.667 bits per heavy atom. The summed E-state index contributed by atoms with van der Waals surface area (Å²) in [4.78, 5) is 24.7. The zero-order chi connectivity index (χ0) is 33.5. The summed E-state index contributed by atoms with van der Waals surface area (Å²) in [6.45, 7) is 15.6. The Balaban J connectivity index is 2.36. The van der Waals surface area contributed by atoms with Crippen LogP contribution < -0.4 is 17.2 Å². The van der Waals surface area contributed by atoms with Crippen LogP contribution in [0.1, 0.15) is 39.5 Å². The van der Waals surface area contributed by atoms with Crippen molar-refractivity contribution in [2.75, 3.05) is 0 Å². The summed E-state index contributed by atoms with van der Waals surface area (Å²) in [6, 6.07) is 4.12. The first-order valence-electron chi connectivity index (χ1n) is 15.2. The van der Waals surface area contributed by atoms with E-state index < -0.39 is 87.2 Å². The summed E-state index contributed by atoms with van der Waals surface area (Å²) >= 11 is -5.41. The van der Waals surface area contributed by atoms with Crippen LogP contribution in [-0.2, 0) is 26.2 Å². The van der Waals surface area contributed by atoms with Gasteiger partial charge in [0.15, 0.2) is 0 Å². The Bertz CT molecular complexity index is 1560. The standard InChI is InChI=1S/2C9H7F2O2.2C8H13Si.Ti/c2*1-2-9(12)13-8-4-3-6(10)5-7(8)11;2*1-9(2,3)8-6-4-5-7-8;/h2*3-4H,2H2,1H3;2*4,6H,5H2,1-3H3;. The Morgan fingerprint density at radius 3 is 1.33 bits per heavy atom. The molecule has 0 unspecified atom stereocenters. The van der Waals surface area contributed by atoms with Crippen molar-refractivity contribution in [3.8, 4) is 11.5 Å². The van der Waals surface area contributed by atoms with Gasteiger partial charge in [0.2, 0.25) is 0 Å². The molecule has 2 aromatic carbocycles. The van der Waals surface area contributed by atoms with E-state index in [9.17, 15) is 9.59 Å². The number of hydrogen-bond acceptors (Lipinski definition) is 4. The molecule has 240 valence electrons. The van der Waals surface area contributed by atoms with E-state index in [2.05, 4.69) is 39.3 Å². The SMILES string of the molecule is CCC(=O)Oc1ccc(F)[c]([Ti]([C]2=C([Si](C)(C)C)C=CC2)([C]2=C([Si](C)(C)C)C=CC2)[c]2c(F)ccc(OC(=O)CC)c2F)c1F. The minimum atomic E-state index is -5.41. The number of allylic oxidation sites excluding steroid dienone is 8. The Kier molecular flexibility index (Phi) is 10.2. The Labute approximate surface area is 268 Å². The van der Waals surface area contributed by atoms with Crippen molar-refractivity contribution in [1.82, 2.24) is 0 Å². The van der Waals surface area contributed by atoms with Crippen LogP contribution in [0, 0.1) is 23.3 Å². The van der Waals surface area contributed by atoms with Crippen molar-refractivity contribution in [2.45, 2.75) is 78.8 Å². The van der Waals surface area contributed by atoms with Crippen LogP contribution in [0.15, 0.2) is 66.7 Å². The second-order valence-corrected chi connectivity index (χ2v) is 29.2. The third-order valence-corrected chi connectivity index (χ3v) is 21.3. The first kappa shape index (κ1) is 35.1. The molecule has 0 N–H and O–H groups in total. The van der Waals surface area contributed by atoms with Crippen molar-refractivity contribution in [1.29, 1.82) is 0 Å². The molecule has 45 heavy (non-hydrogen) atoms. The number of hydrogen-bond donors (Lipinski definition) is 0. The van der Waals surface area contributed by atoms with Crippen LogP contribution in [0.4, 0.5) is 17.6 Å². The molecule has 2 aromatic rings. The maximum absolute atomic E-state index is 17.1. The second-order valence-electron chi connectivity index (χ2n) is 13.4. The zero-order valence-corrected chi connectivity index (χ0v) is 30.7. The molecule has 0 radical (unpaired) electrons. The normalized spacial score (nSPS) is 15.4. The third-order valence-electron chi connectivity index (χ3n) is 8.27. The van der Waals surface area contributed by atoms with Crippen molar-refractivity contribution >= 4 is 35.8 Å². The molecule has 0 heterocycles. The minimum absolute atomic E-state index is 0.0590. The van der Waals surface area contributed by atoms with Gasteiger partial charge in [-0.15, -0.1) is 0 Å². The van der Waals surface area contributed by atoms with Crippen LogP contribution in [0.2, 0.25) is 39.3 Å². The summed E-state index contributed by atoms with van der Waals surface area (Å²) < 4.78 is 78.7. The van der Waals surface area contributed by atoms with Crippen molar-refractivity contribution in [3.05, 3.63) is 90.0 Å². The number of esters is 2. The summed E-state index contributed by atoms with van der Waals surface area (Å²) in [7, 11) is -4.59. The van der Waals surface area contributed by atoms with Gasteiger partial charge in [0.05, 0.1) is 0 Å². The third kappa shape index (κ3) is 6.44. The molecule has 4 rings (SSSR count). The first-order valence-corrected chi connectivity index (χ1v) is 25.3. The fourth-order valence-electron chi connectivity index (χ4n) is 6.34. The van der Waals surface area contributed by atoms with E-state index in [1.807, 2.05) is 24.3 Å². The number of carbonyl (C=O) groups is 2. The van der Waals surface area contributed by atoms with Gasteiger partial charge >= 0.3 is 269 Å². The summed E-state index contributed by atoms with van der Waals surface area (Å²) in [5.41, 5.74) is 0. The molecule has 0 aromatic heterocycles. The van der Waals surface area contributed by atoms with Crippen molar-refractivity contribution in [3.63, 3.8) is 0 Å². The predicted octanol–water partition coefficient (Wildman–Crippen LogP) is 8.16. The van der Waals surface area contributed by atoms with Gasteiger partial charge in [-0.25, -0.2) is 0 Å². The van der Waals surface area contributed by atoms with Gasteiger partial charge in [-0.05, 0) is 0 Å². The van der Waals surface area contributed by atoms with Crippen LogP contribution in [0.5, 0.6) is 11.5 Å². The van der Waals surface area contributed by atoms with E-state index in [-0.39, 0.29) is 25.7 Å². The predicted molar refractivity (Wildman–Crippen MR) is 172 cm³/mol.